The highest BCUT2D eigenvalue weighted by Gasteiger charge is 2.19. The molecule has 2 aromatic heterocycles. The van der Waals surface area contributed by atoms with Crippen LogP contribution in [0.4, 0.5) is 0 Å². The molecule has 0 unspecified atom stereocenters. The number of hydrogen-bond donors (Lipinski definition) is 1. The lowest BCUT2D eigenvalue weighted by atomic mass is 10.1. The lowest BCUT2D eigenvalue weighted by Crippen LogP contribution is -2.34. The second-order valence-corrected chi connectivity index (χ2v) is 9.20. The van der Waals surface area contributed by atoms with E-state index in [1.165, 1.54) is 11.8 Å². The van der Waals surface area contributed by atoms with Crippen molar-refractivity contribution < 1.29 is 0 Å². The van der Waals surface area contributed by atoms with E-state index in [4.69, 9.17) is 4.98 Å². The van der Waals surface area contributed by atoms with Crippen LogP contribution in [0.1, 0.15) is 42.1 Å². The Morgan fingerprint density at radius 1 is 1.00 bits per heavy atom. The second kappa shape index (κ2) is 8.55. The van der Waals surface area contributed by atoms with Crippen molar-refractivity contribution in [3.05, 3.63) is 97.8 Å². The number of rotatable bonds is 5. The number of nitrogens with zero attached hydrogens (tertiary/aromatic N) is 2. The van der Waals surface area contributed by atoms with Gasteiger partial charge in [0, 0.05) is 10.3 Å². The van der Waals surface area contributed by atoms with E-state index in [0.717, 1.165) is 32.6 Å². The van der Waals surface area contributed by atoms with E-state index < -0.39 is 5.69 Å². The van der Waals surface area contributed by atoms with Crippen LogP contribution in [0.2, 0.25) is 0 Å². The summed E-state index contributed by atoms with van der Waals surface area (Å²) in [6, 6.07) is 18.1. The van der Waals surface area contributed by atoms with Crippen molar-refractivity contribution in [1.29, 1.82) is 0 Å². The highest BCUT2D eigenvalue weighted by atomic mass is 32.2. The zero-order valence-corrected chi connectivity index (χ0v) is 18.9. The first-order valence-electron chi connectivity index (χ1n) is 10.3. The third-order valence-corrected chi connectivity index (χ3v) is 6.25. The number of aromatic amines is 1. The third-order valence-electron chi connectivity index (χ3n) is 5.15. The number of hydrogen-bond acceptors (Lipinski definition) is 4. The second-order valence-electron chi connectivity index (χ2n) is 8.14. The number of H-pyrrole nitrogens is 1. The summed E-state index contributed by atoms with van der Waals surface area (Å²) in [5, 5.41) is 1.72. The van der Waals surface area contributed by atoms with Gasteiger partial charge in [-0.3, -0.25) is 19.3 Å². The first-order valence-corrected chi connectivity index (χ1v) is 11.1. The molecule has 2 aromatic carbocycles. The zero-order chi connectivity index (χ0) is 22.1. The van der Waals surface area contributed by atoms with Gasteiger partial charge in [0.05, 0.1) is 28.3 Å². The summed E-state index contributed by atoms with van der Waals surface area (Å²) in [6.45, 7) is 8.32. The monoisotopic (exact) mass is 431 g/mol. The number of para-hydroxylation sites is 1. The van der Waals surface area contributed by atoms with Gasteiger partial charge in [0.2, 0.25) is 0 Å². The molecule has 6 heteroatoms. The highest BCUT2D eigenvalue weighted by molar-refractivity contribution is 7.99. The van der Waals surface area contributed by atoms with E-state index in [2.05, 4.69) is 23.2 Å². The molecular weight excluding hydrogens is 406 g/mol. The Labute approximate surface area is 185 Å². The molecule has 4 rings (SSSR count). The molecule has 31 heavy (non-hydrogen) atoms. The maximum atomic E-state index is 12.9. The van der Waals surface area contributed by atoms with Gasteiger partial charge in [-0.1, -0.05) is 55.9 Å². The Kier molecular flexibility index (Phi) is 5.83. The van der Waals surface area contributed by atoms with Crippen molar-refractivity contribution >= 4 is 22.7 Å². The van der Waals surface area contributed by atoms with Gasteiger partial charge in [-0.2, -0.15) is 0 Å². The fourth-order valence-corrected chi connectivity index (χ4v) is 5.20. The molecule has 0 bridgehead atoms. The summed E-state index contributed by atoms with van der Waals surface area (Å²) in [4.78, 5) is 33.8. The average Bonchev–Trinajstić information content (AvgIpc) is 2.69. The summed E-state index contributed by atoms with van der Waals surface area (Å²) in [6.07, 6.45) is 0. The molecule has 4 aromatic rings. The van der Waals surface area contributed by atoms with Crippen molar-refractivity contribution in [1.82, 2.24) is 14.5 Å². The molecule has 0 radical (unpaired) electrons. The SMILES string of the molecule is Cc1cc(C)cc(Sc2c(C(C)C)c(=O)[nH]c(=O)n2Cc2ccc3ccccc3n2)c1. The molecule has 1 N–H and O–H groups in total. The van der Waals surface area contributed by atoms with Crippen molar-refractivity contribution in [3.63, 3.8) is 0 Å². The molecule has 0 aliphatic carbocycles. The van der Waals surface area contributed by atoms with Crippen molar-refractivity contribution in [2.75, 3.05) is 0 Å². The Hall–Kier alpha value is -3.12. The number of aromatic nitrogens is 3. The molecular formula is C25H25N3O2S. The lowest BCUT2D eigenvalue weighted by Gasteiger charge is -2.18. The molecule has 2 heterocycles. The fourth-order valence-electron chi connectivity index (χ4n) is 3.79. The largest absolute Gasteiger partial charge is 0.329 e. The lowest BCUT2D eigenvalue weighted by molar-refractivity contribution is 0.610. The van der Waals surface area contributed by atoms with Crippen LogP contribution in [0.3, 0.4) is 0 Å². The van der Waals surface area contributed by atoms with Gasteiger partial charge < -0.3 is 0 Å². The minimum Gasteiger partial charge on any atom is -0.281 e. The minimum absolute atomic E-state index is 0.0337. The number of nitrogens with one attached hydrogen (secondary N) is 1. The predicted octanol–water partition coefficient (Wildman–Crippen LogP) is 5.02. The zero-order valence-electron chi connectivity index (χ0n) is 18.1. The van der Waals surface area contributed by atoms with Gasteiger partial charge in [-0.25, -0.2) is 4.79 Å². The van der Waals surface area contributed by atoms with Gasteiger partial charge in [0.15, 0.2) is 0 Å². The maximum Gasteiger partial charge on any atom is 0.329 e. The quantitative estimate of drug-likeness (QED) is 0.450. The molecule has 0 aliphatic rings. The Balaban J connectivity index is 1.86. The van der Waals surface area contributed by atoms with Crippen LogP contribution in [-0.2, 0) is 6.54 Å². The Morgan fingerprint density at radius 3 is 2.42 bits per heavy atom. The summed E-state index contributed by atoms with van der Waals surface area (Å²) >= 11 is 1.46. The molecule has 0 atom stereocenters. The number of benzene rings is 2. The van der Waals surface area contributed by atoms with E-state index in [-0.39, 0.29) is 18.0 Å². The first-order chi connectivity index (χ1) is 14.8. The van der Waals surface area contributed by atoms with E-state index in [0.29, 0.717) is 10.6 Å². The van der Waals surface area contributed by atoms with Crippen LogP contribution in [0.15, 0.2) is 74.1 Å². The predicted molar refractivity (Wildman–Crippen MR) is 126 cm³/mol. The fraction of sp³-hybridized carbons (Fsp3) is 0.240. The van der Waals surface area contributed by atoms with Crippen LogP contribution in [-0.4, -0.2) is 14.5 Å². The first kappa shape index (κ1) is 21.1. The summed E-state index contributed by atoms with van der Waals surface area (Å²) < 4.78 is 1.64. The molecule has 158 valence electrons. The molecule has 0 spiro atoms. The van der Waals surface area contributed by atoms with Crippen molar-refractivity contribution in [3.8, 4) is 0 Å². The van der Waals surface area contributed by atoms with Crippen LogP contribution in [0.5, 0.6) is 0 Å². The Morgan fingerprint density at radius 2 is 1.71 bits per heavy atom. The van der Waals surface area contributed by atoms with Gasteiger partial charge >= 0.3 is 5.69 Å². The number of fused-ring (bicyclic) bond motifs is 1. The van der Waals surface area contributed by atoms with Crippen molar-refractivity contribution in [2.24, 2.45) is 0 Å². The van der Waals surface area contributed by atoms with Crippen LogP contribution >= 0.6 is 11.8 Å². The molecule has 5 nitrogen and oxygen atoms in total. The third kappa shape index (κ3) is 4.49. The van der Waals surface area contributed by atoms with Crippen molar-refractivity contribution in [2.45, 2.75) is 50.1 Å². The summed E-state index contributed by atoms with van der Waals surface area (Å²) in [5.41, 5.74) is 3.80. The van der Waals surface area contributed by atoms with E-state index in [1.807, 2.05) is 64.1 Å². The van der Waals surface area contributed by atoms with Gasteiger partial charge in [0.25, 0.3) is 5.56 Å². The van der Waals surface area contributed by atoms with Gasteiger partial charge in [-0.15, -0.1) is 0 Å². The average molecular weight is 432 g/mol. The molecule has 0 saturated carbocycles. The van der Waals surface area contributed by atoms with E-state index >= 15 is 0 Å². The summed E-state index contributed by atoms with van der Waals surface area (Å²) in [7, 11) is 0. The van der Waals surface area contributed by atoms with Crippen LogP contribution < -0.4 is 11.2 Å². The maximum absolute atomic E-state index is 12.9. The summed E-state index contributed by atoms with van der Waals surface area (Å²) in [5.74, 6) is -0.0337. The molecule has 0 aliphatic heterocycles. The van der Waals surface area contributed by atoms with E-state index in [9.17, 15) is 9.59 Å². The molecule has 0 fully saturated rings. The Bertz CT molecular complexity index is 1370. The van der Waals surface area contributed by atoms with Crippen LogP contribution in [0.25, 0.3) is 10.9 Å². The molecule has 0 amide bonds. The van der Waals surface area contributed by atoms with Crippen LogP contribution in [0, 0.1) is 13.8 Å². The minimum atomic E-state index is -0.420. The highest BCUT2D eigenvalue weighted by Crippen LogP contribution is 2.33. The molecule has 0 saturated heterocycles. The van der Waals surface area contributed by atoms with E-state index in [1.54, 1.807) is 4.57 Å². The number of aryl methyl sites for hydroxylation is 2. The number of pyridine rings is 1. The topological polar surface area (TPSA) is 67.8 Å². The van der Waals surface area contributed by atoms with Gasteiger partial charge in [-0.05, 0) is 55.2 Å². The standard InChI is InChI=1S/C25H25N3O2S/c1-15(2)22-23(29)27-25(30)28(24(22)31-20-12-16(3)11-17(4)13-20)14-19-10-9-18-7-5-6-8-21(18)26-19/h5-13,15H,14H2,1-4H3,(H,27,29,30). The normalized spacial score (nSPS) is 11.4. The smallest absolute Gasteiger partial charge is 0.281 e. The van der Waals surface area contributed by atoms with Gasteiger partial charge in [0.1, 0.15) is 0 Å².